The van der Waals surface area contributed by atoms with E-state index in [2.05, 4.69) is 26.2 Å². The first kappa shape index (κ1) is 26.6. The van der Waals surface area contributed by atoms with Gasteiger partial charge in [-0.2, -0.15) is 0 Å². The molecule has 9 heteroatoms. The number of carbonyl (C=O) groups is 1. The molecule has 0 aliphatic carbocycles. The quantitative estimate of drug-likeness (QED) is 0.418. The molecule has 35 heavy (non-hydrogen) atoms. The zero-order valence-corrected chi connectivity index (χ0v) is 21.2. The van der Waals surface area contributed by atoms with Gasteiger partial charge in [-0.1, -0.05) is 35.9 Å². The minimum absolute atomic E-state index is 0. The summed E-state index contributed by atoms with van der Waals surface area (Å²) in [5.74, 6) is 1.18. The number of benzene rings is 2. The lowest BCUT2D eigenvalue weighted by molar-refractivity contribution is 0.197. The van der Waals surface area contributed by atoms with E-state index in [1.54, 1.807) is 19.4 Å². The number of rotatable bonds is 8. The van der Waals surface area contributed by atoms with Gasteiger partial charge in [0.25, 0.3) is 0 Å². The van der Waals surface area contributed by atoms with Crippen molar-refractivity contribution < 1.29 is 14.3 Å². The molecule has 7 nitrogen and oxygen atoms in total. The van der Waals surface area contributed by atoms with Gasteiger partial charge in [-0.3, -0.25) is 4.90 Å². The van der Waals surface area contributed by atoms with Gasteiger partial charge in [-0.15, -0.1) is 12.4 Å². The molecule has 1 aromatic heterocycles. The Morgan fingerprint density at radius 2 is 1.71 bits per heavy atom. The molecule has 4 rings (SSSR count). The number of anilines is 1. The van der Waals surface area contributed by atoms with Crippen molar-refractivity contribution in [3.05, 3.63) is 71.9 Å². The van der Waals surface area contributed by atoms with Gasteiger partial charge in [0.2, 0.25) is 5.88 Å². The molecule has 3 aromatic rings. The van der Waals surface area contributed by atoms with Crippen molar-refractivity contribution in [1.82, 2.24) is 15.2 Å². The molecular weight excluding hydrogens is 487 g/mol. The first-order valence-corrected chi connectivity index (χ1v) is 11.8. The Bertz CT molecular complexity index is 1070. The minimum atomic E-state index is -0.493. The third kappa shape index (κ3) is 7.49. The van der Waals surface area contributed by atoms with Crippen LogP contribution in [0.15, 0.2) is 66.9 Å². The number of pyridine rings is 1. The Hall–Kier alpha value is -3.00. The number of hydrogen-bond donors (Lipinski definition) is 1. The van der Waals surface area contributed by atoms with Crippen LogP contribution in [0, 0.1) is 0 Å². The lowest BCUT2D eigenvalue weighted by atomic mass is 10.1. The van der Waals surface area contributed by atoms with Gasteiger partial charge in [0.15, 0.2) is 0 Å². The second-order valence-electron chi connectivity index (χ2n) is 8.06. The molecule has 1 saturated heterocycles. The monoisotopic (exact) mass is 516 g/mol. The summed E-state index contributed by atoms with van der Waals surface area (Å²) in [6.45, 7) is 5.34. The van der Waals surface area contributed by atoms with Crippen molar-refractivity contribution >= 4 is 35.8 Å². The number of halogens is 2. The van der Waals surface area contributed by atoms with Crippen LogP contribution in [0.25, 0.3) is 11.1 Å². The molecule has 0 spiro atoms. The largest absolute Gasteiger partial charge is 0.495 e. The molecule has 1 fully saturated rings. The van der Waals surface area contributed by atoms with Crippen molar-refractivity contribution in [3.8, 4) is 22.8 Å². The molecule has 0 bridgehead atoms. The number of nitrogens with zero attached hydrogens (tertiary/aromatic N) is 3. The van der Waals surface area contributed by atoms with Crippen LogP contribution in [0.5, 0.6) is 11.6 Å². The molecular formula is C26H30Cl2N4O3. The SMILES string of the molecule is COc1ccccc1N1CCN(CCCNC(=O)Oc2ccc(-c3ccc(Cl)cc3)cn2)CC1.Cl. The predicted molar refractivity (Wildman–Crippen MR) is 142 cm³/mol. The van der Waals surface area contributed by atoms with E-state index in [1.165, 1.54) is 0 Å². The van der Waals surface area contributed by atoms with E-state index in [9.17, 15) is 4.79 Å². The average molecular weight is 517 g/mol. The van der Waals surface area contributed by atoms with Crippen LogP contribution in [-0.2, 0) is 0 Å². The third-order valence-electron chi connectivity index (χ3n) is 5.83. The number of methoxy groups -OCH3 is 1. The molecule has 0 atom stereocenters. The highest BCUT2D eigenvalue weighted by atomic mass is 35.5. The smallest absolute Gasteiger partial charge is 0.413 e. The lowest BCUT2D eigenvalue weighted by Gasteiger charge is -2.36. The average Bonchev–Trinajstić information content (AvgIpc) is 2.88. The zero-order chi connectivity index (χ0) is 23.8. The van der Waals surface area contributed by atoms with E-state index in [1.807, 2.05) is 48.5 Å². The van der Waals surface area contributed by atoms with Crippen molar-refractivity contribution in [2.45, 2.75) is 6.42 Å². The predicted octanol–water partition coefficient (Wildman–Crippen LogP) is 5.13. The van der Waals surface area contributed by atoms with Gasteiger partial charge in [0.05, 0.1) is 12.8 Å². The summed E-state index contributed by atoms with van der Waals surface area (Å²) in [4.78, 5) is 21.1. The summed E-state index contributed by atoms with van der Waals surface area (Å²) >= 11 is 5.93. The molecule has 1 amide bonds. The number of carbonyl (C=O) groups excluding carboxylic acids is 1. The van der Waals surface area contributed by atoms with Crippen molar-refractivity contribution in [1.29, 1.82) is 0 Å². The number of para-hydroxylation sites is 2. The maximum Gasteiger partial charge on any atom is 0.413 e. The van der Waals surface area contributed by atoms with E-state index >= 15 is 0 Å². The van der Waals surface area contributed by atoms with Crippen molar-refractivity contribution in [3.63, 3.8) is 0 Å². The fraction of sp³-hybridized carbons (Fsp3) is 0.308. The Balaban J connectivity index is 0.00000342. The number of amides is 1. The molecule has 0 unspecified atom stereocenters. The van der Waals surface area contributed by atoms with Crippen LogP contribution < -0.4 is 19.7 Å². The van der Waals surface area contributed by atoms with Crippen LogP contribution in [0.4, 0.5) is 10.5 Å². The van der Waals surface area contributed by atoms with E-state index in [0.717, 1.165) is 61.7 Å². The van der Waals surface area contributed by atoms with Crippen LogP contribution in [0.1, 0.15) is 6.42 Å². The number of piperazine rings is 1. The fourth-order valence-corrected chi connectivity index (χ4v) is 4.11. The van der Waals surface area contributed by atoms with Gasteiger partial charge >= 0.3 is 6.09 Å². The van der Waals surface area contributed by atoms with E-state index in [4.69, 9.17) is 21.1 Å². The minimum Gasteiger partial charge on any atom is -0.495 e. The van der Waals surface area contributed by atoms with Gasteiger partial charge in [0.1, 0.15) is 5.75 Å². The van der Waals surface area contributed by atoms with E-state index in [-0.39, 0.29) is 18.3 Å². The number of nitrogens with one attached hydrogen (secondary N) is 1. The maximum atomic E-state index is 12.1. The summed E-state index contributed by atoms with van der Waals surface area (Å²) in [5, 5.41) is 3.49. The van der Waals surface area contributed by atoms with E-state index < -0.39 is 6.09 Å². The summed E-state index contributed by atoms with van der Waals surface area (Å²) in [7, 11) is 1.71. The van der Waals surface area contributed by atoms with Crippen molar-refractivity contribution in [2.75, 3.05) is 51.3 Å². The van der Waals surface area contributed by atoms with Crippen LogP contribution in [0.3, 0.4) is 0 Å². The standard InChI is InChI=1S/C26H29ClN4O3.ClH/c1-33-24-6-3-2-5-23(24)31-17-15-30(16-18-31)14-4-13-28-26(32)34-25-12-9-21(19-29-25)20-7-10-22(27)11-8-20;/h2-3,5-12,19H,4,13-18H2,1H3,(H,28,32);1H. The Labute approximate surface area is 217 Å². The van der Waals surface area contributed by atoms with Crippen LogP contribution >= 0.6 is 24.0 Å². The third-order valence-corrected chi connectivity index (χ3v) is 6.08. The molecule has 0 saturated carbocycles. The molecule has 1 N–H and O–H groups in total. The van der Waals surface area contributed by atoms with Gasteiger partial charge in [0, 0.05) is 55.6 Å². The molecule has 2 heterocycles. The topological polar surface area (TPSA) is 66.9 Å². The normalized spacial score (nSPS) is 13.6. The summed E-state index contributed by atoms with van der Waals surface area (Å²) in [6, 6.07) is 19.2. The zero-order valence-electron chi connectivity index (χ0n) is 19.7. The Morgan fingerprint density at radius 1 is 1.00 bits per heavy atom. The van der Waals surface area contributed by atoms with Crippen molar-refractivity contribution in [2.24, 2.45) is 0 Å². The number of ether oxygens (including phenoxy) is 2. The Kier molecular flexibility index (Phi) is 10.0. The summed E-state index contributed by atoms with van der Waals surface area (Å²) in [5.41, 5.74) is 3.07. The van der Waals surface area contributed by atoms with Gasteiger partial charge in [-0.25, -0.2) is 9.78 Å². The second-order valence-corrected chi connectivity index (χ2v) is 8.50. The van der Waals surface area contributed by atoms with E-state index in [0.29, 0.717) is 11.6 Å². The highest BCUT2D eigenvalue weighted by Crippen LogP contribution is 2.28. The molecule has 1 aliphatic rings. The van der Waals surface area contributed by atoms with Crippen LogP contribution in [-0.4, -0.2) is 62.4 Å². The molecule has 0 radical (unpaired) electrons. The number of hydrogen-bond acceptors (Lipinski definition) is 6. The number of aromatic nitrogens is 1. The first-order chi connectivity index (χ1) is 16.6. The fourth-order valence-electron chi connectivity index (χ4n) is 3.98. The first-order valence-electron chi connectivity index (χ1n) is 11.4. The summed E-state index contributed by atoms with van der Waals surface area (Å²) in [6.07, 6.45) is 2.04. The van der Waals surface area contributed by atoms with Gasteiger partial charge in [-0.05, 0) is 48.9 Å². The highest BCUT2D eigenvalue weighted by Gasteiger charge is 2.19. The molecule has 186 valence electrons. The Morgan fingerprint density at radius 3 is 2.40 bits per heavy atom. The molecule has 2 aromatic carbocycles. The summed E-state index contributed by atoms with van der Waals surface area (Å²) < 4.78 is 10.8. The lowest BCUT2D eigenvalue weighted by Crippen LogP contribution is -2.47. The van der Waals surface area contributed by atoms with Crippen LogP contribution in [0.2, 0.25) is 5.02 Å². The molecule has 1 aliphatic heterocycles. The highest BCUT2D eigenvalue weighted by molar-refractivity contribution is 6.30. The van der Waals surface area contributed by atoms with Gasteiger partial charge < -0.3 is 19.7 Å². The maximum absolute atomic E-state index is 12.1. The second kappa shape index (κ2) is 13.2.